The van der Waals surface area contributed by atoms with E-state index in [9.17, 15) is 14.0 Å². The van der Waals surface area contributed by atoms with Crippen molar-refractivity contribution in [2.75, 3.05) is 0 Å². The molecule has 2 aromatic carbocycles. The monoisotopic (exact) mass is 354 g/mol. The van der Waals surface area contributed by atoms with E-state index in [1.807, 2.05) is 31.2 Å². The van der Waals surface area contributed by atoms with Gasteiger partial charge in [-0.15, -0.1) is 0 Å². The van der Waals surface area contributed by atoms with Crippen molar-refractivity contribution >= 4 is 11.9 Å². The minimum Gasteiger partial charge on any atom is -0.319 e. The van der Waals surface area contributed by atoms with Gasteiger partial charge in [0.15, 0.2) is 0 Å². The van der Waals surface area contributed by atoms with Crippen LogP contribution in [0, 0.1) is 5.82 Å². The van der Waals surface area contributed by atoms with Crippen molar-refractivity contribution < 1.29 is 14.0 Å². The maximum atomic E-state index is 13.2. The first kappa shape index (κ1) is 18.1. The zero-order valence-corrected chi connectivity index (χ0v) is 15.3. The van der Waals surface area contributed by atoms with Gasteiger partial charge in [-0.05, 0) is 41.2 Å². The molecule has 2 aromatic rings. The summed E-state index contributed by atoms with van der Waals surface area (Å²) < 4.78 is 13.2. The van der Waals surface area contributed by atoms with Crippen molar-refractivity contribution in [3.8, 4) is 0 Å². The molecule has 26 heavy (non-hydrogen) atoms. The van der Waals surface area contributed by atoms with Crippen molar-refractivity contribution in [2.24, 2.45) is 0 Å². The maximum Gasteiger partial charge on any atom is 0.325 e. The maximum absolute atomic E-state index is 13.2. The molecule has 1 unspecified atom stereocenters. The van der Waals surface area contributed by atoms with Gasteiger partial charge in [-0.2, -0.15) is 0 Å². The number of carbonyl (C=O) groups is 2. The Morgan fingerprint density at radius 1 is 1.04 bits per heavy atom. The number of urea groups is 1. The fourth-order valence-corrected chi connectivity index (χ4v) is 3.33. The number of benzene rings is 2. The number of hydrogen-bond acceptors (Lipinski definition) is 2. The van der Waals surface area contributed by atoms with Crippen LogP contribution < -0.4 is 5.32 Å². The molecule has 1 saturated heterocycles. The average molecular weight is 354 g/mol. The number of rotatable bonds is 5. The summed E-state index contributed by atoms with van der Waals surface area (Å²) in [6.45, 7) is 6.28. The second-order valence-corrected chi connectivity index (χ2v) is 6.98. The normalized spacial score (nSPS) is 20.0. The highest BCUT2D eigenvalue weighted by molar-refractivity contribution is 6.07. The van der Waals surface area contributed by atoms with Crippen molar-refractivity contribution in [2.45, 2.75) is 45.2 Å². The van der Waals surface area contributed by atoms with E-state index >= 15 is 0 Å². The molecule has 3 amide bonds. The van der Waals surface area contributed by atoms with Crippen molar-refractivity contribution in [1.82, 2.24) is 10.2 Å². The van der Waals surface area contributed by atoms with Crippen LogP contribution in [0.3, 0.4) is 0 Å². The molecule has 1 heterocycles. The number of halogens is 1. The van der Waals surface area contributed by atoms with Gasteiger partial charge in [-0.25, -0.2) is 9.18 Å². The van der Waals surface area contributed by atoms with Gasteiger partial charge in [0, 0.05) is 0 Å². The molecule has 5 heteroatoms. The van der Waals surface area contributed by atoms with Gasteiger partial charge in [0.1, 0.15) is 11.4 Å². The lowest BCUT2D eigenvalue weighted by molar-refractivity contribution is -0.132. The van der Waals surface area contributed by atoms with Crippen LogP contribution in [0.1, 0.15) is 49.8 Å². The first-order valence-electron chi connectivity index (χ1n) is 8.86. The Kier molecular flexibility index (Phi) is 4.81. The van der Waals surface area contributed by atoms with Gasteiger partial charge in [0.25, 0.3) is 5.91 Å². The van der Waals surface area contributed by atoms with E-state index < -0.39 is 11.6 Å². The second kappa shape index (κ2) is 6.90. The molecule has 1 atom stereocenters. The third kappa shape index (κ3) is 3.09. The molecule has 1 aliphatic heterocycles. The summed E-state index contributed by atoms with van der Waals surface area (Å²) in [5.41, 5.74) is 1.56. The highest BCUT2D eigenvalue weighted by Crippen LogP contribution is 2.33. The van der Waals surface area contributed by atoms with E-state index in [1.54, 1.807) is 12.1 Å². The van der Waals surface area contributed by atoms with Crippen LogP contribution in [0.15, 0.2) is 48.5 Å². The summed E-state index contributed by atoms with van der Waals surface area (Å²) in [4.78, 5) is 26.8. The molecule has 1 fully saturated rings. The molecule has 0 bridgehead atoms. The molecule has 1 N–H and O–H groups in total. The van der Waals surface area contributed by atoms with E-state index in [4.69, 9.17) is 0 Å². The molecule has 0 aromatic heterocycles. The quantitative estimate of drug-likeness (QED) is 0.814. The highest BCUT2D eigenvalue weighted by Gasteiger charge is 2.51. The number of imide groups is 1. The molecular weight excluding hydrogens is 331 g/mol. The fourth-order valence-electron chi connectivity index (χ4n) is 3.33. The largest absolute Gasteiger partial charge is 0.325 e. The van der Waals surface area contributed by atoms with Crippen molar-refractivity contribution in [1.29, 1.82) is 0 Å². The molecule has 0 radical (unpaired) electrons. The Balaban J connectivity index is 1.86. The second-order valence-electron chi connectivity index (χ2n) is 6.98. The van der Waals surface area contributed by atoms with E-state index in [0.29, 0.717) is 17.9 Å². The van der Waals surface area contributed by atoms with Crippen LogP contribution in [-0.4, -0.2) is 16.8 Å². The number of nitrogens with zero attached hydrogens (tertiary/aromatic N) is 1. The topological polar surface area (TPSA) is 49.4 Å². The SMILES string of the molecule is CCC1(c2ccc(F)cc2)NC(=O)N(Cc2ccc(C(C)C)cc2)C1=O. The summed E-state index contributed by atoms with van der Waals surface area (Å²) in [5, 5.41) is 2.82. The Morgan fingerprint density at radius 2 is 1.65 bits per heavy atom. The summed E-state index contributed by atoms with van der Waals surface area (Å²) in [6, 6.07) is 13.2. The van der Waals surface area contributed by atoms with E-state index in [0.717, 1.165) is 5.56 Å². The van der Waals surface area contributed by atoms with Crippen LogP contribution in [0.5, 0.6) is 0 Å². The molecule has 1 aliphatic rings. The lowest BCUT2D eigenvalue weighted by atomic mass is 9.87. The molecule has 0 spiro atoms. The van der Waals surface area contributed by atoms with Crippen LogP contribution in [-0.2, 0) is 16.9 Å². The minimum absolute atomic E-state index is 0.214. The Labute approximate surface area is 153 Å². The first-order chi connectivity index (χ1) is 12.4. The fraction of sp³-hybridized carbons (Fsp3) is 0.333. The summed E-state index contributed by atoms with van der Waals surface area (Å²) >= 11 is 0. The smallest absolute Gasteiger partial charge is 0.319 e. The van der Waals surface area contributed by atoms with Crippen LogP contribution >= 0.6 is 0 Å². The van der Waals surface area contributed by atoms with Gasteiger partial charge >= 0.3 is 6.03 Å². The zero-order valence-electron chi connectivity index (χ0n) is 15.3. The lowest BCUT2D eigenvalue weighted by Crippen LogP contribution is -2.43. The Bertz CT molecular complexity index is 815. The van der Waals surface area contributed by atoms with Crippen molar-refractivity contribution in [3.63, 3.8) is 0 Å². The van der Waals surface area contributed by atoms with Gasteiger partial charge < -0.3 is 5.32 Å². The van der Waals surface area contributed by atoms with E-state index in [-0.39, 0.29) is 18.3 Å². The van der Waals surface area contributed by atoms with Crippen molar-refractivity contribution in [3.05, 3.63) is 71.0 Å². The standard InChI is InChI=1S/C21H23FN2O2/c1-4-21(17-9-11-18(22)12-10-17)19(25)24(20(26)23-21)13-15-5-7-16(8-6-15)14(2)3/h5-12,14H,4,13H2,1-3H3,(H,23,26). The predicted molar refractivity (Wildman–Crippen MR) is 98.0 cm³/mol. The molecular formula is C21H23FN2O2. The number of nitrogens with one attached hydrogen (secondary N) is 1. The number of hydrogen-bond donors (Lipinski definition) is 1. The first-order valence-corrected chi connectivity index (χ1v) is 8.86. The zero-order chi connectivity index (χ0) is 18.9. The minimum atomic E-state index is -1.14. The summed E-state index contributed by atoms with van der Waals surface area (Å²) in [6.07, 6.45) is 0.395. The average Bonchev–Trinajstić information content (AvgIpc) is 2.88. The van der Waals surface area contributed by atoms with Crippen LogP contribution in [0.4, 0.5) is 9.18 Å². The summed E-state index contributed by atoms with van der Waals surface area (Å²) in [7, 11) is 0. The predicted octanol–water partition coefficient (Wildman–Crippen LogP) is 4.31. The third-order valence-corrected chi connectivity index (χ3v) is 5.03. The lowest BCUT2D eigenvalue weighted by Gasteiger charge is -2.25. The van der Waals surface area contributed by atoms with E-state index in [1.165, 1.54) is 22.6 Å². The number of carbonyl (C=O) groups excluding carboxylic acids is 2. The Morgan fingerprint density at radius 3 is 2.19 bits per heavy atom. The summed E-state index contributed by atoms with van der Waals surface area (Å²) in [5.74, 6) is -0.254. The molecule has 3 rings (SSSR count). The third-order valence-electron chi connectivity index (χ3n) is 5.03. The molecule has 136 valence electrons. The Hall–Kier alpha value is -2.69. The van der Waals surface area contributed by atoms with Gasteiger partial charge in [0.2, 0.25) is 0 Å². The van der Waals surface area contributed by atoms with Gasteiger partial charge in [0.05, 0.1) is 6.54 Å². The highest BCUT2D eigenvalue weighted by atomic mass is 19.1. The van der Waals surface area contributed by atoms with Gasteiger partial charge in [-0.3, -0.25) is 9.69 Å². The van der Waals surface area contributed by atoms with Crippen LogP contribution in [0.2, 0.25) is 0 Å². The molecule has 0 aliphatic carbocycles. The molecule has 0 saturated carbocycles. The molecule has 4 nitrogen and oxygen atoms in total. The van der Waals surface area contributed by atoms with Gasteiger partial charge in [-0.1, -0.05) is 57.2 Å². The number of amides is 3. The van der Waals surface area contributed by atoms with Crippen LogP contribution in [0.25, 0.3) is 0 Å². The van der Waals surface area contributed by atoms with E-state index in [2.05, 4.69) is 19.2 Å².